The second-order valence-corrected chi connectivity index (χ2v) is 6.16. The molecule has 1 heteroatoms. The van der Waals surface area contributed by atoms with E-state index in [1.807, 2.05) is 0 Å². The first-order chi connectivity index (χ1) is 7.92. The number of nitrogens with one attached hydrogen (secondary N) is 1. The van der Waals surface area contributed by atoms with E-state index in [9.17, 15) is 0 Å². The van der Waals surface area contributed by atoms with Crippen molar-refractivity contribution < 1.29 is 0 Å². The van der Waals surface area contributed by atoms with Crippen molar-refractivity contribution in [3.8, 4) is 0 Å². The molecule has 1 aromatic carbocycles. The molecule has 0 aliphatic rings. The highest BCUT2D eigenvalue weighted by Gasteiger charge is 2.22. The van der Waals surface area contributed by atoms with Crippen LogP contribution < -0.4 is 5.32 Å². The lowest BCUT2D eigenvalue weighted by Crippen LogP contribution is -2.35. The fourth-order valence-corrected chi connectivity index (χ4v) is 2.28. The Morgan fingerprint density at radius 2 is 1.65 bits per heavy atom. The van der Waals surface area contributed by atoms with Gasteiger partial charge in [0, 0.05) is 6.04 Å². The van der Waals surface area contributed by atoms with Gasteiger partial charge in [-0.1, -0.05) is 58.0 Å². The minimum Gasteiger partial charge on any atom is -0.314 e. The van der Waals surface area contributed by atoms with Gasteiger partial charge in [0.15, 0.2) is 0 Å². The van der Waals surface area contributed by atoms with Crippen molar-refractivity contribution in [2.45, 2.75) is 52.5 Å². The minimum atomic E-state index is 0.241. The van der Waals surface area contributed by atoms with Crippen LogP contribution in [-0.4, -0.2) is 12.6 Å². The normalized spacial score (nSPS) is 14.0. The summed E-state index contributed by atoms with van der Waals surface area (Å²) in [6, 6.07) is 11.4. The molecule has 1 unspecified atom stereocenters. The maximum atomic E-state index is 3.61. The second-order valence-electron chi connectivity index (χ2n) is 6.16. The SMILES string of the molecule is CC(C)CNC(C)CC(C)(C)c1ccccc1. The van der Waals surface area contributed by atoms with Crippen LogP contribution >= 0.6 is 0 Å². The van der Waals surface area contributed by atoms with Crippen LogP contribution in [0.5, 0.6) is 0 Å². The van der Waals surface area contributed by atoms with Crippen LogP contribution in [0.2, 0.25) is 0 Å². The maximum absolute atomic E-state index is 3.61. The van der Waals surface area contributed by atoms with Gasteiger partial charge in [0.2, 0.25) is 0 Å². The van der Waals surface area contributed by atoms with Crippen molar-refractivity contribution in [1.29, 1.82) is 0 Å². The fraction of sp³-hybridized carbons (Fsp3) is 0.625. The van der Waals surface area contributed by atoms with Gasteiger partial charge in [-0.2, -0.15) is 0 Å². The topological polar surface area (TPSA) is 12.0 Å². The molecular weight excluding hydrogens is 206 g/mol. The third-order valence-corrected chi connectivity index (χ3v) is 3.25. The zero-order valence-electron chi connectivity index (χ0n) is 12.0. The molecule has 1 rings (SSSR count). The van der Waals surface area contributed by atoms with E-state index in [1.165, 1.54) is 12.0 Å². The molecule has 0 radical (unpaired) electrons. The summed E-state index contributed by atoms with van der Waals surface area (Å²) in [7, 11) is 0. The van der Waals surface area contributed by atoms with Gasteiger partial charge in [0.25, 0.3) is 0 Å². The zero-order valence-corrected chi connectivity index (χ0v) is 12.0. The Labute approximate surface area is 107 Å². The summed E-state index contributed by atoms with van der Waals surface area (Å²) in [4.78, 5) is 0. The van der Waals surface area contributed by atoms with Gasteiger partial charge in [-0.25, -0.2) is 0 Å². The molecule has 1 atom stereocenters. The van der Waals surface area contributed by atoms with Crippen LogP contribution in [0.4, 0.5) is 0 Å². The summed E-state index contributed by atoms with van der Waals surface area (Å²) >= 11 is 0. The van der Waals surface area contributed by atoms with Crippen molar-refractivity contribution in [1.82, 2.24) is 5.32 Å². The largest absolute Gasteiger partial charge is 0.314 e. The van der Waals surface area contributed by atoms with Crippen LogP contribution in [0.1, 0.15) is 46.6 Å². The second kappa shape index (κ2) is 6.20. The summed E-state index contributed by atoms with van der Waals surface area (Å²) in [6.07, 6.45) is 1.17. The molecule has 0 saturated carbocycles. The molecular formula is C16H27N. The van der Waals surface area contributed by atoms with Crippen molar-refractivity contribution in [2.24, 2.45) is 5.92 Å². The van der Waals surface area contributed by atoms with Gasteiger partial charge in [-0.05, 0) is 36.8 Å². The molecule has 0 bridgehead atoms. The molecule has 0 spiro atoms. The first kappa shape index (κ1) is 14.2. The van der Waals surface area contributed by atoms with E-state index in [1.54, 1.807) is 0 Å². The highest BCUT2D eigenvalue weighted by atomic mass is 14.9. The third-order valence-electron chi connectivity index (χ3n) is 3.25. The summed E-state index contributed by atoms with van der Waals surface area (Å²) < 4.78 is 0. The van der Waals surface area contributed by atoms with E-state index in [-0.39, 0.29) is 5.41 Å². The summed E-state index contributed by atoms with van der Waals surface area (Å²) in [5.41, 5.74) is 1.67. The van der Waals surface area contributed by atoms with E-state index in [4.69, 9.17) is 0 Å². The molecule has 0 fully saturated rings. The van der Waals surface area contributed by atoms with E-state index in [0.717, 1.165) is 12.5 Å². The van der Waals surface area contributed by atoms with Crippen molar-refractivity contribution in [3.63, 3.8) is 0 Å². The van der Waals surface area contributed by atoms with Gasteiger partial charge in [0.1, 0.15) is 0 Å². The lowest BCUT2D eigenvalue weighted by Gasteiger charge is -2.29. The van der Waals surface area contributed by atoms with Gasteiger partial charge in [-0.15, -0.1) is 0 Å². The smallest absolute Gasteiger partial charge is 0.00471 e. The first-order valence-corrected chi connectivity index (χ1v) is 6.71. The number of hydrogen-bond acceptors (Lipinski definition) is 1. The zero-order chi connectivity index (χ0) is 12.9. The predicted octanol–water partition coefficient (Wildman–Crippen LogP) is 3.99. The molecule has 1 N–H and O–H groups in total. The van der Waals surface area contributed by atoms with Gasteiger partial charge >= 0.3 is 0 Å². The standard InChI is InChI=1S/C16H27N/c1-13(2)12-17-14(3)11-16(4,5)15-9-7-6-8-10-15/h6-10,13-14,17H,11-12H2,1-5H3. The molecule has 96 valence electrons. The Hall–Kier alpha value is -0.820. The Bertz CT molecular complexity index is 314. The van der Waals surface area contributed by atoms with E-state index in [0.29, 0.717) is 6.04 Å². The molecule has 0 heterocycles. The summed E-state index contributed by atoms with van der Waals surface area (Å²) in [5, 5.41) is 3.61. The van der Waals surface area contributed by atoms with Crippen LogP contribution in [0, 0.1) is 5.92 Å². The Kier molecular flexibility index (Phi) is 5.20. The molecule has 0 aliphatic carbocycles. The van der Waals surface area contributed by atoms with E-state index >= 15 is 0 Å². The average Bonchev–Trinajstić information content (AvgIpc) is 2.27. The molecule has 0 amide bonds. The highest BCUT2D eigenvalue weighted by molar-refractivity contribution is 5.23. The molecule has 1 aromatic rings. The van der Waals surface area contributed by atoms with E-state index in [2.05, 4.69) is 70.3 Å². The summed E-state index contributed by atoms with van der Waals surface area (Å²) in [6.45, 7) is 12.6. The summed E-state index contributed by atoms with van der Waals surface area (Å²) in [5.74, 6) is 0.720. The van der Waals surface area contributed by atoms with Crippen molar-refractivity contribution in [2.75, 3.05) is 6.54 Å². The van der Waals surface area contributed by atoms with Crippen LogP contribution in [0.3, 0.4) is 0 Å². The Balaban J connectivity index is 2.54. The average molecular weight is 233 g/mol. The highest BCUT2D eigenvalue weighted by Crippen LogP contribution is 2.28. The van der Waals surface area contributed by atoms with Gasteiger partial charge in [-0.3, -0.25) is 0 Å². The lowest BCUT2D eigenvalue weighted by molar-refractivity contribution is 0.375. The predicted molar refractivity (Wildman–Crippen MR) is 76.4 cm³/mol. The van der Waals surface area contributed by atoms with Gasteiger partial charge < -0.3 is 5.32 Å². The van der Waals surface area contributed by atoms with Crippen LogP contribution in [0.25, 0.3) is 0 Å². The lowest BCUT2D eigenvalue weighted by atomic mass is 9.79. The van der Waals surface area contributed by atoms with Crippen molar-refractivity contribution >= 4 is 0 Å². The minimum absolute atomic E-state index is 0.241. The van der Waals surface area contributed by atoms with Crippen LogP contribution in [0.15, 0.2) is 30.3 Å². The van der Waals surface area contributed by atoms with Crippen LogP contribution in [-0.2, 0) is 5.41 Å². The molecule has 0 aromatic heterocycles. The third kappa shape index (κ3) is 4.91. The molecule has 17 heavy (non-hydrogen) atoms. The number of hydrogen-bond donors (Lipinski definition) is 1. The molecule has 1 nitrogen and oxygen atoms in total. The number of benzene rings is 1. The monoisotopic (exact) mass is 233 g/mol. The quantitative estimate of drug-likeness (QED) is 0.783. The Morgan fingerprint density at radius 3 is 2.18 bits per heavy atom. The maximum Gasteiger partial charge on any atom is 0.00471 e. The van der Waals surface area contributed by atoms with Crippen molar-refractivity contribution in [3.05, 3.63) is 35.9 Å². The fourth-order valence-electron chi connectivity index (χ4n) is 2.28. The Morgan fingerprint density at radius 1 is 1.06 bits per heavy atom. The number of rotatable bonds is 6. The van der Waals surface area contributed by atoms with Gasteiger partial charge in [0.05, 0.1) is 0 Å². The molecule has 0 saturated heterocycles. The molecule has 0 aliphatic heterocycles. The first-order valence-electron chi connectivity index (χ1n) is 6.71. The van der Waals surface area contributed by atoms with E-state index < -0.39 is 0 Å².